The molecule has 3 heterocycles. The van der Waals surface area contributed by atoms with Crippen molar-refractivity contribution in [1.29, 1.82) is 0 Å². The highest BCUT2D eigenvalue weighted by Gasteiger charge is 2.30. The molecule has 6 nitrogen and oxygen atoms in total. The van der Waals surface area contributed by atoms with Crippen molar-refractivity contribution in [1.82, 2.24) is 9.21 Å². The zero-order chi connectivity index (χ0) is 23.0. The summed E-state index contributed by atoms with van der Waals surface area (Å²) >= 11 is 1.68. The molecule has 5 rings (SSSR count). The van der Waals surface area contributed by atoms with E-state index in [1.807, 2.05) is 16.3 Å². The fraction of sp³-hybridized carbons (Fsp3) is 0.320. The van der Waals surface area contributed by atoms with Gasteiger partial charge in [-0.2, -0.15) is 4.31 Å². The van der Waals surface area contributed by atoms with Crippen LogP contribution in [-0.2, 0) is 23.0 Å². The summed E-state index contributed by atoms with van der Waals surface area (Å²) in [7, 11) is -3.66. The molecular formula is C25H27N3O3S2. The van der Waals surface area contributed by atoms with Gasteiger partial charge in [-0.15, -0.1) is 11.3 Å². The second kappa shape index (κ2) is 8.93. The average molecular weight is 482 g/mol. The van der Waals surface area contributed by atoms with Crippen LogP contribution >= 0.6 is 11.3 Å². The number of anilines is 1. The molecule has 2 aromatic carbocycles. The molecule has 0 aliphatic carbocycles. The number of aryl methyl sites for hydroxylation is 1. The van der Waals surface area contributed by atoms with Crippen LogP contribution in [0.2, 0.25) is 0 Å². The Morgan fingerprint density at radius 1 is 0.939 bits per heavy atom. The maximum Gasteiger partial charge on any atom is 0.254 e. The van der Waals surface area contributed by atoms with Crippen molar-refractivity contribution in [2.24, 2.45) is 0 Å². The van der Waals surface area contributed by atoms with Crippen molar-refractivity contribution in [2.75, 3.05) is 37.6 Å². The van der Waals surface area contributed by atoms with E-state index >= 15 is 0 Å². The summed E-state index contributed by atoms with van der Waals surface area (Å²) in [6.07, 6.45) is 0.732. The summed E-state index contributed by atoms with van der Waals surface area (Å²) in [5.74, 6) is -0.116. The minimum Gasteiger partial charge on any atom is -0.368 e. The lowest BCUT2D eigenvalue weighted by Crippen LogP contribution is -2.48. The van der Waals surface area contributed by atoms with E-state index in [-0.39, 0.29) is 10.8 Å². The number of sulfonamides is 1. The first-order chi connectivity index (χ1) is 15.9. The minimum absolute atomic E-state index is 0.116. The molecule has 2 aliphatic heterocycles. The van der Waals surface area contributed by atoms with Gasteiger partial charge in [0.2, 0.25) is 10.0 Å². The summed E-state index contributed by atoms with van der Waals surface area (Å²) in [5.41, 5.74) is 3.89. The van der Waals surface area contributed by atoms with Crippen LogP contribution in [0.4, 0.5) is 5.69 Å². The normalized spacial score (nSPS) is 17.1. The van der Waals surface area contributed by atoms with Gasteiger partial charge < -0.3 is 9.80 Å². The number of carbonyl (C=O) groups is 1. The van der Waals surface area contributed by atoms with Crippen LogP contribution in [0, 0.1) is 6.92 Å². The molecule has 1 aromatic heterocycles. The zero-order valence-electron chi connectivity index (χ0n) is 18.6. The molecular weight excluding hydrogens is 454 g/mol. The molecule has 1 amide bonds. The maximum atomic E-state index is 13.3. The summed E-state index contributed by atoms with van der Waals surface area (Å²) in [6.45, 7) is 5.66. The molecule has 0 spiro atoms. The number of thiophene rings is 1. The molecule has 0 N–H and O–H groups in total. The molecule has 2 aliphatic rings. The highest BCUT2D eigenvalue weighted by atomic mass is 32.2. The van der Waals surface area contributed by atoms with Gasteiger partial charge in [-0.05, 0) is 66.2 Å². The molecule has 0 radical (unpaired) electrons. The fourth-order valence-electron chi connectivity index (χ4n) is 4.54. The highest BCUT2D eigenvalue weighted by Crippen LogP contribution is 2.28. The lowest BCUT2D eigenvalue weighted by Gasteiger charge is -2.36. The van der Waals surface area contributed by atoms with Gasteiger partial charge >= 0.3 is 0 Å². The standard InChI is InChI=1S/C25H27N3O3S2/c1-19-4-2-6-22(16-19)26-11-13-27(14-12-26)25(29)20-5-3-7-23(17-20)33(30,31)28-10-8-24-21(18-28)9-15-32-24/h2-7,9,15-17H,8,10-14,18H2,1H3. The third-order valence-corrected chi connectivity index (χ3v) is 9.29. The number of carbonyl (C=O) groups excluding carboxylic acids is 1. The topological polar surface area (TPSA) is 60.9 Å². The Morgan fingerprint density at radius 2 is 1.73 bits per heavy atom. The SMILES string of the molecule is Cc1cccc(N2CCN(C(=O)c3cccc(S(=O)(=O)N4CCc5sccc5C4)c3)CC2)c1. The van der Waals surface area contributed by atoms with Gasteiger partial charge in [-0.1, -0.05) is 18.2 Å². The lowest BCUT2D eigenvalue weighted by atomic mass is 10.1. The van der Waals surface area contributed by atoms with Gasteiger partial charge in [-0.3, -0.25) is 4.79 Å². The Kier molecular flexibility index (Phi) is 5.99. The van der Waals surface area contributed by atoms with E-state index in [0.29, 0.717) is 31.7 Å². The molecule has 172 valence electrons. The van der Waals surface area contributed by atoms with E-state index in [1.165, 1.54) is 26.5 Å². The van der Waals surface area contributed by atoms with Gasteiger partial charge in [-0.25, -0.2) is 8.42 Å². The monoisotopic (exact) mass is 481 g/mol. The largest absolute Gasteiger partial charge is 0.368 e. The Morgan fingerprint density at radius 3 is 2.52 bits per heavy atom. The molecule has 0 bridgehead atoms. The molecule has 1 fully saturated rings. The van der Waals surface area contributed by atoms with Gasteiger partial charge in [0, 0.05) is 55.4 Å². The number of amides is 1. The van der Waals surface area contributed by atoms with Crippen molar-refractivity contribution in [3.8, 4) is 0 Å². The molecule has 33 heavy (non-hydrogen) atoms. The van der Waals surface area contributed by atoms with Crippen LogP contribution in [0.25, 0.3) is 0 Å². The minimum atomic E-state index is -3.66. The average Bonchev–Trinajstić information content (AvgIpc) is 3.32. The first-order valence-electron chi connectivity index (χ1n) is 11.2. The molecule has 1 saturated heterocycles. The van der Waals surface area contributed by atoms with E-state index < -0.39 is 10.0 Å². The second-order valence-corrected chi connectivity index (χ2v) is 11.5. The van der Waals surface area contributed by atoms with Crippen molar-refractivity contribution in [3.63, 3.8) is 0 Å². The van der Waals surface area contributed by atoms with Gasteiger partial charge in [0.25, 0.3) is 5.91 Å². The summed E-state index contributed by atoms with van der Waals surface area (Å²) in [5, 5.41) is 2.01. The summed E-state index contributed by atoms with van der Waals surface area (Å²) in [4.78, 5) is 18.7. The van der Waals surface area contributed by atoms with Crippen LogP contribution in [0.1, 0.15) is 26.4 Å². The number of hydrogen-bond acceptors (Lipinski definition) is 5. The Hall–Kier alpha value is -2.68. The second-order valence-electron chi connectivity index (χ2n) is 8.60. The number of hydrogen-bond donors (Lipinski definition) is 0. The van der Waals surface area contributed by atoms with Gasteiger partial charge in [0.05, 0.1) is 4.90 Å². The number of fused-ring (bicyclic) bond motifs is 1. The van der Waals surface area contributed by atoms with Crippen LogP contribution in [0.3, 0.4) is 0 Å². The maximum absolute atomic E-state index is 13.3. The molecule has 3 aromatic rings. The predicted molar refractivity (Wildman–Crippen MR) is 131 cm³/mol. The highest BCUT2D eigenvalue weighted by molar-refractivity contribution is 7.89. The van der Waals surface area contributed by atoms with E-state index in [0.717, 1.165) is 25.1 Å². The van der Waals surface area contributed by atoms with E-state index in [1.54, 1.807) is 29.5 Å². The van der Waals surface area contributed by atoms with Crippen molar-refractivity contribution in [3.05, 3.63) is 81.5 Å². The Bertz CT molecular complexity index is 1280. The van der Waals surface area contributed by atoms with E-state index in [9.17, 15) is 13.2 Å². The van der Waals surface area contributed by atoms with Crippen LogP contribution in [-0.4, -0.2) is 56.3 Å². The van der Waals surface area contributed by atoms with E-state index in [4.69, 9.17) is 0 Å². The van der Waals surface area contributed by atoms with Crippen molar-refractivity contribution in [2.45, 2.75) is 24.8 Å². The van der Waals surface area contributed by atoms with Gasteiger partial charge in [0.15, 0.2) is 0 Å². The van der Waals surface area contributed by atoms with Crippen molar-refractivity contribution < 1.29 is 13.2 Å². The molecule has 0 saturated carbocycles. The van der Waals surface area contributed by atoms with Crippen LogP contribution in [0.5, 0.6) is 0 Å². The smallest absolute Gasteiger partial charge is 0.254 e. The van der Waals surface area contributed by atoms with E-state index in [2.05, 4.69) is 36.1 Å². The number of piperazine rings is 1. The van der Waals surface area contributed by atoms with Crippen LogP contribution < -0.4 is 4.90 Å². The summed E-state index contributed by atoms with van der Waals surface area (Å²) < 4.78 is 28.1. The quantitative estimate of drug-likeness (QED) is 0.569. The number of nitrogens with zero attached hydrogens (tertiary/aromatic N) is 3. The van der Waals surface area contributed by atoms with Crippen molar-refractivity contribution >= 4 is 33.0 Å². The Balaban J connectivity index is 1.29. The number of benzene rings is 2. The lowest BCUT2D eigenvalue weighted by molar-refractivity contribution is 0.0746. The molecule has 8 heteroatoms. The molecule has 0 unspecified atom stereocenters. The summed E-state index contributed by atoms with van der Waals surface area (Å²) in [6, 6.07) is 16.9. The number of rotatable bonds is 4. The molecule has 0 atom stereocenters. The zero-order valence-corrected chi connectivity index (χ0v) is 20.2. The van der Waals surface area contributed by atoms with Gasteiger partial charge in [0.1, 0.15) is 0 Å². The predicted octanol–water partition coefficient (Wildman–Crippen LogP) is 3.77. The Labute approximate surface area is 199 Å². The fourth-order valence-corrected chi connectivity index (χ4v) is 6.90. The third kappa shape index (κ3) is 4.43. The van der Waals surface area contributed by atoms with Crippen LogP contribution in [0.15, 0.2) is 64.9 Å². The first kappa shape index (κ1) is 22.1. The third-order valence-electron chi connectivity index (χ3n) is 6.43. The first-order valence-corrected chi connectivity index (χ1v) is 13.5.